The molecule has 1 atom stereocenters. The first-order valence-electron chi connectivity index (χ1n) is 12.5. The highest BCUT2D eigenvalue weighted by atomic mass is 16.2. The number of pyridine rings is 1. The standard InChI is InChI=1S/C28H28N8O/c29-14-12-26(22-8-4-5-9-22)35-20-24(18-32-35)25-13-16-31-28(33-25)34-36(19-21-7-6-15-30-17-21)27(37)23-10-2-1-3-11-23/h1-3,6-7,10-11,13,15-18,20,22,26H,4-5,8-9,12,19H2,(H,31,33,34). The van der Waals surface area contributed by atoms with Crippen molar-refractivity contribution in [3.8, 4) is 17.3 Å². The predicted octanol–water partition coefficient (Wildman–Crippen LogP) is 5.05. The molecule has 1 unspecified atom stereocenters. The smallest absolute Gasteiger partial charge is 0.268 e. The number of hydrazine groups is 1. The topological polar surface area (TPSA) is 113 Å². The van der Waals surface area contributed by atoms with Crippen LogP contribution in [0.1, 0.15) is 54.1 Å². The highest BCUT2D eigenvalue weighted by Gasteiger charge is 2.27. The van der Waals surface area contributed by atoms with Crippen molar-refractivity contribution in [2.45, 2.75) is 44.7 Å². The van der Waals surface area contributed by atoms with Crippen LogP contribution < -0.4 is 5.43 Å². The van der Waals surface area contributed by atoms with Gasteiger partial charge in [0.05, 0.1) is 37.0 Å². The number of amides is 1. The molecule has 9 nitrogen and oxygen atoms in total. The van der Waals surface area contributed by atoms with Crippen LogP contribution in [0.5, 0.6) is 0 Å². The second-order valence-electron chi connectivity index (χ2n) is 9.18. The minimum atomic E-state index is -0.206. The Morgan fingerprint density at radius 1 is 1.11 bits per heavy atom. The molecule has 5 rings (SSSR count). The van der Waals surface area contributed by atoms with E-state index < -0.39 is 0 Å². The molecule has 9 heteroatoms. The first-order valence-corrected chi connectivity index (χ1v) is 12.5. The molecule has 3 aromatic heterocycles. The molecular weight excluding hydrogens is 464 g/mol. The van der Waals surface area contributed by atoms with Crippen molar-refractivity contribution in [1.82, 2.24) is 29.7 Å². The Morgan fingerprint density at radius 2 is 1.95 bits per heavy atom. The number of hydrogen-bond acceptors (Lipinski definition) is 7. The van der Waals surface area contributed by atoms with Crippen molar-refractivity contribution in [2.24, 2.45) is 5.92 Å². The van der Waals surface area contributed by atoms with E-state index in [1.165, 1.54) is 17.9 Å². The second kappa shape index (κ2) is 11.4. The number of aromatic nitrogens is 5. The molecule has 0 saturated heterocycles. The zero-order valence-corrected chi connectivity index (χ0v) is 20.4. The molecule has 0 bridgehead atoms. The zero-order valence-electron chi connectivity index (χ0n) is 20.4. The Kier molecular flexibility index (Phi) is 7.46. The van der Waals surface area contributed by atoms with Crippen LogP contribution in [0.3, 0.4) is 0 Å². The average molecular weight is 493 g/mol. The normalized spacial score (nSPS) is 14.1. The van der Waals surface area contributed by atoms with Crippen LogP contribution in [0.25, 0.3) is 11.3 Å². The number of nitrogens with zero attached hydrogens (tertiary/aromatic N) is 7. The van der Waals surface area contributed by atoms with E-state index in [0.29, 0.717) is 29.5 Å². The summed E-state index contributed by atoms with van der Waals surface area (Å²) in [5.41, 5.74) is 6.02. The second-order valence-corrected chi connectivity index (χ2v) is 9.18. The molecule has 37 heavy (non-hydrogen) atoms. The van der Waals surface area contributed by atoms with Gasteiger partial charge in [-0.05, 0) is 48.6 Å². The van der Waals surface area contributed by atoms with E-state index in [1.807, 2.05) is 47.3 Å². The summed E-state index contributed by atoms with van der Waals surface area (Å²) >= 11 is 0. The first-order chi connectivity index (χ1) is 18.2. The third kappa shape index (κ3) is 5.81. The van der Waals surface area contributed by atoms with E-state index in [2.05, 4.69) is 31.5 Å². The number of benzene rings is 1. The lowest BCUT2D eigenvalue weighted by atomic mass is 9.96. The fourth-order valence-corrected chi connectivity index (χ4v) is 4.83. The predicted molar refractivity (Wildman–Crippen MR) is 139 cm³/mol. The van der Waals surface area contributed by atoms with Gasteiger partial charge in [-0.15, -0.1) is 0 Å². The molecule has 1 aliphatic rings. The number of carbonyl (C=O) groups is 1. The Balaban J connectivity index is 1.38. The fraction of sp³-hybridized carbons (Fsp3) is 0.286. The molecule has 4 aromatic rings. The Bertz CT molecular complexity index is 1360. The molecule has 1 N–H and O–H groups in total. The molecule has 0 aliphatic heterocycles. The average Bonchev–Trinajstić information content (AvgIpc) is 3.66. The van der Waals surface area contributed by atoms with Gasteiger partial charge in [-0.2, -0.15) is 10.4 Å². The number of anilines is 1. The molecule has 1 aromatic carbocycles. The molecule has 3 heterocycles. The Morgan fingerprint density at radius 3 is 2.70 bits per heavy atom. The third-order valence-electron chi connectivity index (χ3n) is 6.70. The van der Waals surface area contributed by atoms with Gasteiger partial charge < -0.3 is 0 Å². The molecule has 1 saturated carbocycles. The van der Waals surface area contributed by atoms with Crippen LogP contribution >= 0.6 is 0 Å². The maximum atomic E-state index is 13.3. The minimum absolute atomic E-state index is 0.0687. The summed E-state index contributed by atoms with van der Waals surface area (Å²) in [7, 11) is 0. The summed E-state index contributed by atoms with van der Waals surface area (Å²) in [6, 6.07) is 17.0. The maximum absolute atomic E-state index is 13.3. The van der Waals surface area contributed by atoms with Gasteiger partial charge in [0.25, 0.3) is 5.91 Å². The molecular formula is C28H28N8O. The number of hydrogen-bond donors (Lipinski definition) is 1. The first kappa shape index (κ1) is 24.1. The summed E-state index contributed by atoms with van der Waals surface area (Å²) < 4.78 is 1.91. The maximum Gasteiger partial charge on any atom is 0.272 e. The van der Waals surface area contributed by atoms with Gasteiger partial charge in [-0.1, -0.05) is 37.1 Å². The van der Waals surface area contributed by atoms with Gasteiger partial charge in [0.1, 0.15) is 0 Å². The molecule has 186 valence electrons. The summed E-state index contributed by atoms with van der Waals surface area (Å²) in [5.74, 6) is 0.560. The van der Waals surface area contributed by atoms with Crippen molar-refractivity contribution in [3.63, 3.8) is 0 Å². The van der Waals surface area contributed by atoms with Crippen molar-refractivity contribution in [1.29, 1.82) is 5.26 Å². The van der Waals surface area contributed by atoms with Crippen molar-refractivity contribution >= 4 is 11.9 Å². The van der Waals surface area contributed by atoms with Gasteiger partial charge in [-0.25, -0.2) is 15.0 Å². The van der Waals surface area contributed by atoms with E-state index in [1.54, 1.807) is 36.9 Å². The summed E-state index contributed by atoms with van der Waals surface area (Å²) in [6.45, 7) is 0.282. The lowest BCUT2D eigenvalue weighted by Crippen LogP contribution is -2.36. The van der Waals surface area contributed by atoms with Crippen molar-refractivity contribution in [2.75, 3.05) is 5.43 Å². The summed E-state index contributed by atoms with van der Waals surface area (Å²) in [5, 5.41) is 15.4. The number of nitrogens with one attached hydrogen (secondary N) is 1. The quantitative estimate of drug-likeness (QED) is 0.325. The lowest BCUT2D eigenvalue weighted by Gasteiger charge is -2.23. The number of rotatable bonds is 9. The number of nitriles is 1. The Hall–Kier alpha value is -4.58. The van der Waals surface area contributed by atoms with E-state index in [-0.39, 0.29) is 18.5 Å². The van der Waals surface area contributed by atoms with Crippen LogP contribution in [0, 0.1) is 17.2 Å². The van der Waals surface area contributed by atoms with Crippen LogP contribution in [-0.4, -0.2) is 35.6 Å². The van der Waals surface area contributed by atoms with Gasteiger partial charge in [-0.3, -0.25) is 19.9 Å². The monoisotopic (exact) mass is 492 g/mol. The van der Waals surface area contributed by atoms with Crippen molar-refractivity contribution in [3.05, 3.63) is 90.6 Å². The highest BCUT2D eigenvalue weighted by Crippen LogP contribution is 2.36. The van der Waals surface area contributed by atoms with Crippen LogP contribution in [0.15, 0.2) is 79.5 Å². The van der Waals surface area contributed by atoms with E-state index in [4.69, 9.17) is 0 Å². The van der Waals surface area contributed by atoms with E-state index in [9.17, 15) is 10.1 Å². The van der Waals surface area contributed by atoms with Gasteiger partial charge in [0, 0.05) is 35.9 Å². The fourth-order valence-electron chi connectivity index (χ4n) is 4.83. The van der Waals surface area contributed by atoms with Crippen LogP contribution in [0.2, 0.25) is 0 Å². The molecule has 1 aliphatic carbocycles. The van der Waals surface area contributed by atoms with Gasteiger partial charge in [0.15, 0.2) is 0 Å². The molecule has 1 amide bonds. The van der Waals surface area contributed by atoms with Crippen molar-refractivity contribution < 1.29 is 4.79 Å². The molecule has 1 fully saturated rings. The minimum Gasteiger partial charge on any atom is -0.268 e. The largest absolute Gasteiger partial charge is 0.272 e. The summed E-state index contributed by atoms with van der Waals surface area (Å²) in [4.78, 5) is 26.5. The number of carbonyl (C=O) groups excluding carboxylic acids is 1. The Labute approximate surface area is 215 Å². The third-order valence-corrected chi connectivity index (χ3v) is 6.70. The van der Waals surface area contributed by atoms with E-state index >= 15 is 0 Å². The zero-order chi connectivity index (χ0) is 25.5. The SMILES string of the molecule is N#CCC(C1CCCC1)n1cc(-c2ccnc(NN(Cc3cccnc3)C(=O)c3ccccc3)n2)cn1. The molecule has 0 radical (unpaired) electrons. The molecule has 0 spiro atoms. The van der Waals surface area contributed by atoms with Crippen LogP contribution in [0.4, 0.5) is 5.95 Å². The van der Waals surface area contributed by atoms with Crippen LogP contribution in [-0.2, 0) is 6.54 Å². The lowest BCUT2D eigenvalue weighted by molar-refractivity contribution is 0.0781. The summed E-state index contributed by atoms with van der Waals surface area (Å²) in [6.07, 6.45) is 13.9. The van der Waals surface area contributed by atoms with Gasteiger partial charge >= 0.3 is 0 Å². The van der Waals surface area contributed by atoms with E-state index in [0.717, 1.165) is 24.0 Å². The van der Waals surface area contributed by atoms with Gasteiger partial charge in [0.2, 0.25) is 5.95 Å². The highest BCUT2D eigenvalue weighted by molar-refractivity contribution is 5.94.